The summed E-state index contributed by atoms with van der Waals surface area (Å²) in [5.74, 6) is -1.03. The molecule has 5 heteroatoms. The van der Waals surface area contributed by atoms with Crippen molar-refractivity contribution in [1.29, 1.82) is 0 Å². The number of aliphatic carboxylic acids is 1. The molecule has 1 N–H and O–H groups in total. The first-order valence-electron chi connectivity index (χ1n) is 6.91. The Balaban J connectivity index is 2.08. The molecule has 1 aromatic heterocycles. The number of amides is 1. The number of carboxylic acid groups (broad SMARTS) is 1. The van der Waals surface area contributed by atoms with Crippen molar-refractivity contribution in [2.75, 3.05) is 6.54 Å². The number of carboxylic acids is 1. The molecule has 1 unspecified atom stereocenters. The normalized spacial score (nSPS) is 17.7. The van der Waals surface area contributed by atoms with Crippen LogP contribution in [0.4, 0.5) is 0 Å². The summed E-state index contributed by atoms with van der Waals surface area (Å²) >= 11 is 1.73. The van der Waals surface area contributed by atoms with Gasteiger partial charge < -0.3 is 10.0 Å². The van der Waals surface area contributed by atoms with Crippen LogP contribution in [0.2, 0.25) is 0 Å². The van der Waals surface area contributed by atoms with Crippen LogP contribution in [0.5, 0.6) is 0 Å². The predicted octanol–water partition coefficient (Wildman–Crippen LogP) is 2.77. The monoisotopic (exact) mass is 295 g/mol. The van der Waals surface area contributed by atoms with Crippen molar-refractivity contribution in [2.24, 2.45) is 11.3 Å². The Hall–Kier alpha value is -1.36. The molecule has 0 aliphatic carbocycles. The quantitative estimate of drug-likeness (QED) is 0.929. The second-order valence-electron chi connectivity index (χ2n) is 5.99. The molecular weight excluding hydrogens is 274 g/mol. The van der Waals surface area contributed by atoms with E-state index in [1.54, 1.807) is 23.2 Å². The summed E-state index contributed by atoms with van der Waals surface area (Å²) in [5, 5.41) is 11.5. The largest absolute Gasteiger partial charge is 0.481 e. The third kappa shape index (κ3) is 2.73. The summed E-state index contributed by atoms with van der Waals surface area (Å²) < 4.78 is 0. The second-order valence-corrected chi connectivity index (χ2v) is 6.99. The van der Waals surface area contributed by atoms with Gasteiger partial charge in [-0.1, -0.05) is 13.8 Å². The van der Waals surface area contributed by atoms with Crippen LogP contribution in [0.15, 0.2) is 11.4 Å². The van der Waals surface area contributed by atoms with Crippen LogP contribution in [0.1, 0.15) is 37.6 Å². The highest BCUT2D eigenvalue weighted by atomic mass is 32.1. The standard InChI is InChI=1S/C15H21NO3S/c1-10(2)15(3,14(18)19)8-13(17)16-6-4-12-11(9-16)5-7-20-12/h5,7,10H,4,6,8-9H2,1-3H3,(H,18,19). The Morgan fingerprint density at radius 2 is 2.20 bits per heavy atom. The van der Waals surface area contributed by atoms with Gasteiger partial charge >= 0.3 is 5.97 Å². The number of fused-ring (bicyclic) bond motifs is 1. The minimum atomic E-state index is -0.994. The van der Waals surface area contributed by atoms with Gasteiger partial charge in [-0.05, 0) is 36.3 Å². The molecule has 0 saturated heterocycles. The van der Waals surface area contributed by atoms with Crippen molar-refractivity contribution >= 4 is 23.2 Å². The zero-order chi connectivity index (χ0) is 14.9. The highest BCUT2D eigenvalue weighted by molar-refractivity contribution is 7.10. The van der Waals surface area contributed by atoms with Crippen LogP contribution < -0.4 is 0 Å². The van der Waals surface area contributed by atoms with Crippen LogP contribution in [-0.2, 0) is 22.6 Å². The van der Waals surface area contributed by atoms with Gasteiger partial charge in [-0.15, -0.1) is 11.3 Å². The molecule has 2 rings (SSSR count). The molecular formula is C15H21NO3S. The van der Waals surface area contributed by atoms with Crippen LogP contribution in [0, 0.1) is 11.3 Å². The first kappa shape index (κ1) is 15.0. The Morgan fingerprint density at radius 3 is 2.80 bits per heavy atom. The van der Waals surface area contributed by atoms with E-state index in [9.17, 15) is 14.7 Å². The molecule has 1 amide bonds. The second kappa shape index (κ2) is 5.56. The van der Waals surface area contributed by atoms with Gasteiger partial charge in [0, 0.05) is 24.4 Å². The molecule has 1 aromatic rings. The van der Waals surface area contributed by atoms with Crippen LogP contribution in [0.25, 0.3) is 0 Å². The van der Waals surface area contributed by atoms with E-state index in [1.807, 2.05) is 19.2 Å². The molecule has 2 heterocycles. The summed E-state index contributed by atoms with van der Waals surface area (Å²) in [6.45, 7) is 6.69. The Kier molecular flexibility index (Phi) is 4.18. The predicted molar refractivity (Wildman–Crippen MR) is 78.6 cm³/mol. The molecule has 0 saturated carbocycles. The van der Waals surface area contributed by atoms with Gasteiger partial charge in [0.2, 0.25) is 5.91 Å². The summed E-state index contributed by atoms with van der Waals surface area (Å²) in [4.78, 5) is 27.0. The molecule has 0 aromatic carbocycles. The Morgan fingerprint density at radius 1 is 1.50 bits per heavy atom. The van der Waals surface area contributed by atoms with E-state index in [0.717, 1.165) is 6.42 Å². The smallest absolute Gasteiger partial charge is 0.310 e. The van der Waals surface area contributed by atoms with E-state index in [2.05, 4.69) is 6.07 Å². The molecule has 1 atom stereocenters. The molecule has 0 spiro atoms. The lowest BCUT2D eigenvalue weighted by Gasteiger charge is -2.33. The molecule has 20 heavy (non-hydrogen) atoms. The van der Waals surface area contributed by atoms with E-state index in [0.29, 0.717) is 13.1 Å². The lowest BCUT2D eigenvalue weighted by molar-refractivity contribution is -0.155. The molecule has 110 valence electrons. The fourth-order valence-corrected chi connectivity index (χ4v) is 3.30. The van der Waals surface area contributed by atoms with E-state index in [-0.39, 0.29) is 18.2 Å². The van der Waals surface area contributed by atoms with Gasteiger partial charge in [-0.2, -0.15) is 0 Å². The van der Waals surface area contributed by atoms with Crippen molar-refractivity contribution < 1.29 is 14.7 Å². The minimum Gasteiger partial charge on any atom is -0.481 e. The van der Waals surface area contributed by atoms with Crippen molar-refractivity contribution in [3.63, 3.8) is 0 Å². The van der Waals surface area contributed by atoms with Crippen LogP contribution in [0.3, 0.4) is 0 Å². The number of nitrogens with zero attached hydrogens (tertiary/aromatic N) is 1. The maximum Gasteiger partial charge on any atom is 0.310 e. The van der Waals surface area contributed by atoms with Crippen molar-refractivity contribution in [3.8, 4) is 0 Å². The highest BCUT2D eigenvalue weighted by Crippen LogP contribution is 2.33. The number of carbonyl (C=O) groups is 2. The third-order valence-corrected chi connectivity index (χ3v) is 5.46. The molecule has 1 aliphatic rings. The summed E-state index contributed by atoms with van der Waals surface area (Å²) in [5.41, 5.74) is 0.211. The third-order valence-electron chi connectivity index (χ3n) is 4.44. The highest BCUT2D eigenvalue weighted by Gasteiger charge is 2.40. The number of carbonyl (C=O) groups excluding carboxylic acids is 1. The van der Waals surface area contributed by atoms with E-state index < -0.39 is 11.4 Å². The average molecular weight is 295 g/mol. The molecule has 4 nitrogen and oxygen atoms in total. The molecule has 0 radical (unpaired) electrons. The lowest BCUT2D eigenvalue weighted by Crippen LogP contribution is -2.42. The summed E-state index contributed by atoms with van der Waals surface area (Å²) in [6.07, 6.45) is 0.948. The lowest BCUT2D eigenvalue weighted by atomic mass is 9.76. The van der Waals surface area contributed by atoms with E-state index in [4.69, 9.17) is 0 Å². The summed E-state index contributed by atoms with van der Waals surface area (Å²) in [6, 6.07) is 2.05. The van der Waals surface area contributed by atoms with Gasteiger partial charge in [0.1, 0.15) is 0 Å². The van der Waals surface area contributed by atoms with E-state index >= 15 is 0 Å². The topological polar surface area (TPSA) is 57.6 Å². The number of hydrogen-bond donors (Lipinski definition) is 1. The maximum absolute atomic E-state index is 12.4. The first-order valence-corrected chi connectivity index (χ1v) is 7.79. The Bertz CT molecular complexity index is 523. The van der Waals surface area contributed by atoms with Gasteiger partial charge in [-0.3, -0.25) is 9.59 Å². The SMILES string of the molecule is CC(C)C(C)(CC(=O)N1CCc2sccc2C1)C(=O)O. The Labute approximate surface area is 123 Å². The number of hydrogen-bond acceptors (Lipinski definition) is 3. The van der Waals surface area contributed by atoms with Crippen LogP contribution >= 0.6 is 11.3 Å². The van der Waals surface area contributed by atoms with Crippen molar-refractivity contribution in [1.82, 2.24) is 4.90 Å². The van der Waals surface area contributed by atoms with Gasteiger partial charge in [0.15, 0.2) is 0 Å². The number of rotatable bonds is 4. The fraction of sp³-hybridized carbons (Fsp3) is 0.600. The van der Waals surface area contributed by atoms with E-state index in [1.165, 1.54) is 10.4 Å². The zero-order valence-corrected chi connectivity index (χ0v) is 13.0. The van der Waals surface area contributed by atoms with Crippen LogP contribution in [-0.4, -0.2) is 28.4 Å². The molecule has 1 aliphatic heterocycles. The molecule has 0 fully saturated rings. The van der Waals surface area contributed by atoms with Gasteiger partial charge in [-0.25, -0.2) is 0 Å². The van der Waals surface area contributed by atoms with Crippen molar-refractivity contribution in [3.05, 3.63) is 21.9 Å². The number of thiophene rings is 1. The van der Waals surface area contributed by atoms with Gasteiger partial charge in [0.05, 0.1) is 5.41 Å². The average Bonchev–Trinajstić information content (AvgIpc) is 2.84. The first-order chi connectivity index (χ1) is 9.34. The minimum absolute atomic E-state index is 0.0551. The van der Waals surface area contributed by atoms with Crippen molar-refractivity contribution in [2.45, 2.75) is 40.2 Å². The molecule has 0 bridgehead atoms. The zero-order valence-electron chi connectivity index (χ0n) is 12.2. The van der Waals surface area contributed by atoms with Gasteiger partial charge in [0.25, 0.3) is 0 Å². The fourth-order valence-electron chi connectivity index (χ4n) is 2.41. The summed E-state index contributed by atoms with van der Waals surface area (Å²) in [7, 11) is 0. The maximum atomic E-state index is 12.4.